The van der Waals surface area contributed by atoms with Crippen molar-refractivity contribution in [2.24, 2.45) is 5.92 Å². The van der Waals surface area contributed by atoms with E-state index in [0.717, 1.165) is 5.92 Å². The molecule has 0 bridgehead atoms. The third-order valence-corrected chi connectivity index (χ3v) is 2.99. The molecule has 1 saturated carbocycles. The Bertz CT molecular complexity index is 135. The molecule has 0 aliphatic heterocycles. The highest BCUT2D eigenvalue weighted by atomic mass is 16.3. The summed E-state index contributed by atoms with van der Waals surface area (Å²) in [7, 11) is 0. The molecular weight excluding hydrogens is 166 g/mol. The van der Waals surface area contributed by atoms with Gasteiger partial charge in [0, 0.05) is 12.6 Å². The number of rotatable bonds is 5. The van der Waals surface area contributed by atoms with Crippen molar-refractivity contribution in [2.45, 2.75) is 44.8 Å². The first-order valence-corrected chi connectivity index (χ1v) is 5.26. The second-order valence-electron chi connectivity index (χ2n) is 4.08. The van der Waals surface area contributed by atoms with E-state index in [1.807, 2.05) is 0 Å². The van der Waals surface area contributed by atoms with Crippen molar-refractivity contribution in [1.29, 1.82) is 0 Å². The third kappa shape index (κ3) is 3.63. The Morgan fingerprint density at radius 2 is 2.00 bits per heavy atom. The van der Waals surface area contributed by atoms with Crippen molar-refractivity contribution in [3.63, 3.8) is 0 Å². The fourth-order valence-electron chi connectivity index (χ4n) is 2.01. The maximum Gasteiger partial charge on any atom is 0.0895 e. The number of nitrogens with one attached hydrogen (secondary N) is 1. The van der Waals surface area contributed by atoms with Crippen molar-refractivity contribution in [1.82, 2.24) is 5.32 Å². The molecule has 2 atom stereocenters. The predicted octanol–water partition coefficient (Wildman–Crippen LogP) is 0.508. The molecule has 0 amide bonds. The lowest BCUT2D eigenvalue weighted by atomic mass is 10.00. The summed E-state index contributed by atoms with van der Waals surface area (Å²) in [5.74, 6) is 0.769. The number of hydrogen-bond acceptors (Lipinski definition) is 3. The quantitative estimate of drug-likeness (QED) is 0.588. The highest BCUT2D eigenvalue weighted by Gasteiger charge is 2.21. The third-order valence-electron chi connectivity index (χ3n) is 2.99. The molecule has 1 aliphatic carbocycles. The summed E-state index contributed by atoms with van der Waals surface area (Å²) in [5, 5.41) is 21.0. The van der Waals surface area contributed by atoms with E-state index in [1.165, 1.54) is 25.7 Å². The van der Waals surface area contributed by atoms with Crippen LogP contribution in [0.3, 0.4) is 0 Å². The molecule has 78 valence electrons. The largest absolute Gasteiger partial charge is 0.394 e. The van der Waals surface area contributed by atoms with Gasteiger partial charge in [0.15, 0.2) is 0 Å². The first kappa shape index (κ1) is 11.0. The van der Waals surface area contributed by atoms with E-state index >= 15 is 0 Å². The van der Waals surface area contributed by atoms with E-state index in [-0.39, 0.29) is 6.61 Å². The molecule has 3 N–H and O–H groups in total. The topological polar surface area (TPSA) is 52.5 Å². The Hall–Kier alpha value is -0.120. The van der Waals surface area contributed by atoms with Gasteiger partial charge in [-0.15, -0.1) is 0 Å². The Kier molecular flexibility index (Phi) is 4.70. The first-order valence-electron chi connectivity index (χ1n) is 5.26. The highest BCUT2D eigenvalue weighted by Crippen LogP contribution is 2.27. The Morgan fingerprint density at radius 1 is 1.38 bits per heavy atom. The van der Waals surface area contributed by atoms with E-state index < -0.39 is 6.10 Å². The average Bonchev–Trinajstić information content (AvgIpc) is 2.66. The van der Waals surface area contributed by atoms with Gasteiger partial charge in [-0.05, 0) is 25.7 Å². The van der Waals surface area contributed by atoms with Crippen LogP contribution in [0.2, 0.25) is 0 Å². The summed E-state index contributed by atoms with van der Waals surface area (Å²) in [4.78, 5) is 0. The summed E-state index contributed by atoms with van der Waals surface area (Å²) in [6, 6.07) is 0.476. The van der Waals surface area contributed by atoms with Crippen molar-refractivity contribution in [3.05, 3.63) is 0 Å². The minimum Gasteiger partial charge on any atom is -0.394 e. The Balaban J connectivity index is 2.12. The zero-order chi connectivity index (χ0) is 9.68. The van der Waals surface area contributed by atoms with Gasteiger partial charge in [0.2, 0.25) is 0 Å². The van der Waals surface area contributed by atoms with Gasteiger partial charge in [-0.3, -0.25) is 0 Å². The fraction of sp³-hybridized carbons (Fsp3) is 1.00. The molecule has 1 unspecified atom stereocenters. The lowest BCUT2D eigenvalue weighted by Gasteiger charge is -2.21. The smallest absolute Gasteiger partial charge is 0.0895 e. The second kappa shape index (κ2) is 5.58. The van der Waals surface area contributed by atoms with Gasteiger partial charge in [0.05, 0.1) is 12.7 Å². The van der Waals surface area contributed by atoms with Crippen LogP contribution < -0.4 is 5.32 Å². The van der Waals surface area contributed by atoms with Gasteiger partial charge in [0.1, 0.15) is 0 Å². The van der Waals surface area contributed by atoms with Gasteiger partial charge in [-0.2, -0.15) is 0 Å². The molecule has 0 radical (unpaired) electrons. The molecule has 0 saturated heterocycles. The van der Waals surface area contributed by atoms with Crippen molar-refractivity contribution in [2.75, 3.05) is 13.2 Å². The Labute approximate surface area is 80.2 Å². The molecule has 0 heterocycles. The van der Waals surface area contributed by atoms with Crippen LogP contribution in [0.1, 0.15) is 32.6 Å². The maximum absolute atomic E-state index is 9.14. The van der Waals surface area contributed by atoms with E-state index in [0.29, 0.717) is 12.6 Å². The molecule has 0 aromatic heterocycles. The lowest BCUT2D eigenvalue weighted by molar-refractivity contribution is 0.0903. The summed E-state index contributed by atoms with van der Waals surface area (Å²) in [6.07, 6.45) is 4.70. The zero-order valence-electron chi connectivity index (χ0n) is 8.37. The summed E-state index contributed by atoms with van der Waals surface area (Å²) in [5.41, 5.74) is 0. The summed E-state index contributed by atoms with van der Waals surface area (Å²) < 4.78 is 0. The van der Waals surface area contributed by atoms with E-state index in [2.05, 4.69) is 12.2 Å². The summed E-state index contributed by atoms with van der Waals surface area (Å²) in [6.45, 7) is 2.53. The van der Waals surface area contributed by atoms with Gasteiger partial charge in [-0.25, -0.2) is 0 Å². The Morgan fingerprint density at radius 3 is 2.54 bits per heavy atom. The van der Waals surface area contributed by atoms with Crippen molar-refractivity contribution in [3.8, 4) is 0 Å². The van der Waals surface area contributed by atoms with Crippen molar-refractivity contribution >= 4 is 0 Å². The SMILES string of the molecule is C[C@@H](NCC(O)CO)C1CCCC1. The van der Waals surface area contributed by atoms with Gasteiger partial charge >= 0.3 is 0 Å². The molecule has 1 fully saturated rings. The van der Waals surface area contributed by atoms with Crippen LogP contribution in [0.4, 0.5) is 0 Å². The first-order chi connectivity index (χ1) is 6.24. The standard InChI is InChI=1S/C10H21NO2/c1-8(9-4-2-3-5-9)11-6-10(13)7-12/h8-13H,2-7H2,1H3/t8-,10?/m1/s1. The molecule has 1 aliphatic rings. The van der Waals surface area contributed by atoms with Crippen molar-refractivity contribution < 1.29 is 10.2 Å². The molecule has 3 heteroatoms. The predicted molar refractivity (Wildman–Crippen MR) is 52.5 cm³/mol. The number of aliphatic hydroxyl groups is 2. The van der Waals surface area contributed by atoms with Crippen LogP contribution in [-0.2, 0) is 0 Å². The van der Waals surface area contributed by atoms with Crippen LogP contribution in [0.5, 0.6) is 0 Å². The van der Waals surface area contributed by atoms with E-state index in [4.69, 9.17) is 10.2 Å². The summed E-state index contributed by atoms with van der Waals surface area (Å²) >= 11 is 0. The number of aliphatic hydroxyl groups excluding tert-OH is 2. The van der Waals surface area contributed by atoms with Gasteiger partial charge in [-0.1, -0.05) is 12.8 Å². The minimum absolute atomic E-state index is 0.148. The van der Waals surface area contributed by atoms with Crippen LogP contribution in [0.15, 0.2) is 0 Å². The second-order valence-corrected chi connectivity index (χ2v) is 4.08. The van der Waals surface area contributed by atoms with Gasteiger partial charge in [0.25, 0.3) is 0 Å². The molecule has 13 heavy (non-hydrogen) atoms. The lowest BCUT2D eigenvalue weighted by Crippen LogP contribution is -2.38. The molecule has 0 aromatic carbocycles. The average molecular weight is 187 g/mol. The van der Waals surface area contributed by atoms with Crippen LogP contribution >= 0.6 is 0 Å². The van der Waals surface area contributed by atoms with Crippen LogP contribution in [0, 0.1) is 5.92 Å². The monoisotopic (exact) mass is 187 g/mol. The minimum atomic E-state index is -0.608. The number of hydrogen-bond donors (Lipinski definition) is 3. The van der Waals surface area contributed by atoms with Gasteiger partial charge < -0.3 is 15.5 Å². The highest BCUT2D eigenvalue weighted by molar-refractivity contribution is 4.77. The van der Waals surface area contributed by atoms with Crippen LogP contribution in [0.25, 0.3) is 0 Å². The van der Waals surface area contributed by atoms with Crippen LogP contribution in [-0.4, -0.2) is 35.5 Å². The van der Waals surface area contributed by atoms with E-state index in [1.54, 1.807) is 0 Å². The molecule has 1 rings (SSSR count). The molecule has 0 aromatic rings. The van der Waals surface area contributed by atoms with E-state index in [9.17, 15) is 0 Å². The fourth-order valence-corrected chi connectivity index (χ4v) is 2.01. The molecular formula is C10H21NO2. The molecule has 0 spiro atoms. The maximum atomic E-state index is 9.14. The normalized spacial score (nSPS) is 23.3. The molecule has 3 nitrogen and oxygen atoms in total. The zero-order valence-corrected chi connectivity index (χ0v) is 8.37.